The maximum absolute atomic E-state index is 12.6. The summed E-state index contributed by atoms with van der Waals surface area (Å²) >= 11 is 0. The molecule has 1 aromatic rings. The van der Waals surface area contributed by atoms with E-state index in [4.69, 9.17) is 5.73 Å². The van der Waals surface area contributed by atoms with Crippen LogP contribution in [-0.2, 0) is 9.84 Å². The van der Waals surface area contributed by atoms with Crippen molar-refractivity contribution in [2.24, 2.45) is 0 Å². The number of anilines is 2. The number of sulfone groups is 1. The highest BCUT2D eigenvalue weighted by Gasteiger charge is 2.34. The normalized spacial score (nSPS) is 19.7. The van der Waals surface area contributed by atoms with E-state index in [1.165, 1.54) is 0 Å². The molecule has 0 aliphatic carbocycles. The minimum Gasteiger partial charge on any atom is -0.399 e. The Morgan fingerprint density at radius 1 is 1.26 bits per heavy atom. The van der Waals surface area contributed by atoms with E-state index >= 15 is 0 Å². The molecule has 0 saturated carbocycles. The molecule has 1 heterocycles. The van der Waals surface area contributed by atoms with Gasteiger partial charge in [-0.25, -0.2) is 13.2 Å². The van der Waals surface area contributed by atoms with Crippen LogP contribution in [0.3, 0.4) is 0 Å². The lowest BCUT2D eigenvalue weighted by Gasteiger charge is -2.29. The minimum atomic E-state index is -3.04. The van der Waals surface area contributed by atoms with Gasteiger partial charge < -0.3 is 20.9 Å². The average Bonchev–Trinajstić information content (AvgIpc) is 2.81. The molecule has 2 rings (SSSR count). The van der Waals surface area contributed by atoms with Crippen molar-refractivity contribution in [1.82, 2.24) is 9.80 Å². The van der Waals surface area contributed by atoms with E-state index in [0.29, 0.717) is 30.9 Å². The number of likely N-dealkylation sites (N-methyl/N-ethyl adjacent to an activating group) is 1. The van der Waals surface area contributed by atoms with Crippen LogP contribution in [-0.4, -0.2) is 69.0 Å². The average molecular weight is 340 g/mol. The first-order valence-corrected chi connectivity index (χ1v) is 9.37. The summed E-state index contributed by atoms with van der Waals surface area (Å²) in [6.07, 6.45) is 0.491. The summed E-state index contributed by atoms with van der Waals surface area (Å²) in [6, 6.07) is 6.32. The van der Waals surface area contributed by atoms with Crippen LogP contribution in [0.15, 0.2) is 24.3 Å². The zero-order chi connectivity index (χ0) is 17.0. The highest BCUT2D eigenvalue weighted by molar-refractivity contribution is 7.91. The van der Waals surface area contributed by atoms with E-state index in [1.54, 1.807) is 29.2 Å². The molecule has 1 aliphatic heterocycles. The molecule has 8 heteroatoms. The number of nitrogens with one attached hydrogen (secondary N) is 1. The molecule has 2 amide bonds. The molecule has 1 fully saturated rings. The number of rotatable bonds is 5. The van der Waals surface area contributed by atoms with Crippen LogP contribution < -0.4 is 11.1 Å². The lowest BCUT2D eigenvalue weighted by atomic mass is 10.2. The van der Waals surface area contributed by atoms with Gasteiger partial charge >= 0.3 is 6.03 Å². The first kappa shape index (κ1) is 17.6. The van der Waals surface area contributed by atoms with E-state index in [9.17, 15) is 13.2 Å². The van der Waals surface area contributed by atoms with Gasteiger partial charge in [0.15, 0.2) is 9.84 Å². The van der Waals surface area contributed by atoms with Crippen LogP contribution in [0, 0.1) is 0 Å². The maximum Gasteiger partial charge on any atom is 0.322 e. The van der Waals surface area contributed by atoms with Crippen LogP contribution >= 0.6 is 0 Å². The van der Waals surface area contributed by atoms with E-state index < -0.39 is 9.84 Å². The number of nitrogens with two attached hydrogens (primary N) is 1. The van der Waals surface area contributed by atoms with Crippen LogP contribution in [0.2, 0.25) is 0 Å². The highest BCUT2D eigenvalue weighted by atomic mass is 32.2. The molecule has 0 aromatic heterocycles. The summed E-state index contributed by atoms with van der Waals surface area (Å²) in [5, 5.41) is 2.82. The molecule has 128 valence electrons. The van der Waals surface area contributed by atoms with E-state index in [1.807, 2.05) is 19.0 Å². The summed E-state index contributed by atoms with van der Waals surface area (Å²) < 4.78 is 23.4. The number of hydrogen-bond donors (Lipinski definition) is 2. The third kappa shape index (κ3) is 5.11. The predicted octanol–water partition coefficient (Wildman–Crippen LogP) is 0.851. The standard InChI is InChI=1S/C15H24N4O3S/c1-18(2)8-9-19(14-7-10-23(21,22)11-14)15(20)17-13-5-3-12(16)4-6-13/h3-6,14H,7-11,16H2,1-2H3,(H,17,20). The summed E-state index contributed by atoms with van der Waals surface area (Å²) in [7, 11) is 0.793. The van der Waals surface area contributed by atoms with Crippen molar-refractivity contribution in [2.75, 3.05) is 49.7 Å². The molecule has 1 unspecified atom stereocenters. The van der Waals surface area contributed by atoms with Gasteiger partial charge in [0, 0.05) is 30.5 Å². The first-order chi connectivity index (χ1) is 10.8. The smallest absolute Gasteiger partial charge is 0.322 e. The topological polar surface area (TPSA) is 95.7 Å². The van der Waals surface area contributed by atoms with Gasteiger partial charge in [-0.3, -0.25) is 0 Å². The molecular formula is C15H24N4O3S. The fourth-order valence-corrected chi connectivity index (χ4v) is 4.27. The second-order valence-corrected chi connectivity index (χ2v) is 8.33. The number of benzene rings is 1. The van der Waals surface area contributed by atoms with Crippen molar-refractivity contribution in [1.29, 1.82) is 0 Å². The quantitative estimate of drug-likeness (QED) is 0.775. The van der Waals surface area contributed by atoms with Crippen molar-refractivity contribution in [2.45, 2.75) is 12.5 Å². The molecule has 3 N–H and O–H groups in total. The van der Waals surface area contributed by atoms with Gasteiger partial charge in [0.25, 0.3) is 0 Å². The zero-order valence-electron chi connectivity index (χ0n) is 13.5. The minimum absolute atomic E-state index is 0.0373. The lowest BCUT2D eigenvalue weighted by Crippen LogP contribution is -2.46. The Hall–Kier alpha value is -1.80. The summed E-state index contributed by atoms with van der Waals surface area (Å²) in [4.78, 5) is 16.2. The van der Waals surface area contributed by atoms with Crippen molar-refractivity contribution >= 4 is 27.2 Å². The monoisotopic (exact) mass is 340 g/mol. The zero-order valence-corrected chi connectivity index (χ0v) is 14.3. The van der Waals surface area contributed by atoms with Gasteiger partial charge in [-0.15, -0.1) is 0 Å². The molecule has 1 atom stereocenters. The van der Waals surface area contributed by atoms with Crippen LogP contribution in [0.5, 0.6) is 0 Å². The second kappa shape index (κ2) is 7.18. The molecule has 7 nitrogen and oxygen atoms in total. The lowest BCUT2D eigenvalue weighted by molar-refractivity contribution is 0.186. The SMILES string of the molecule is CN(C)CCN(C(=O)Nc1ccc(N)cc1)C1CCS(=O)(=O)C1. The molecule has 0 radical (unpaired) electrons. The van der Waals surface area contributed by atoms with E-state index in [0.717, 1.165) is 0 Å². The molecule has 1 aliphatic rings. The van der Waals surface area contributed by atoms with Gasteiger partial charge in [-0.2, -0.15) is 0 Å². The fraction of sp³-hybridized carbons (Fsp3) is 0.533. The summed E-state index contributed by atoms with van der Waals surface area (Å²) in [6.45, 7) is 1.15. The number of carbonyl (C=O) groups is 1. The number of amides is 2. The predicted molar refractivity (Wildman–Crippen MR) is 92.2 cm³/mol. The Labute approximate surface area is 137 Å². The van der Waals surface area contributed by atoms with Crippen molar-refractivity contribution in [3.05, 3.63) is 24.3 Å². The molecule has 23 heavy (non-hydrogen) atoms. The number of nitrogen functional groups attached to an aromatic ring is 1. The largest absolute Gasteiger partial charge is 0.399 e. The number of hydrogen-bond acceptors (Lipinski definition) is 5. The molecule has 0 bridgehead atoms. The Bertz CT molecular complexity index is 643. The van der Waals surface area contributed by atoms with Gasteiger partial charge in [-0.05, 0) is 44.8 Å². The van der Waals surface area contributed by atoms with Gasteiger partial charge in [-0.1, -0.05) is 0 Å². The summed E-state index contributed by atoms with van der Waals surface area (Å²) in [5.41, 5.74) is 6.89. The number of carbonyl (C=O) groups excluding carboxylic acids is 1. The van der Waals surface area contributed by atoms with Crippen LogP contribution in [0.4, 0.5) is 16.2 Å². The van der Waals surface area contributed by atoms with E-state index in [-0.39, 0.29) is 23.6 Å². The van der Waals surface area contributed by atoms with Crippen LogP contribution in [0.1, 0.15) is 6.42 Å². The van der Waals surface area contributed by atoms with Gasteiger partial charge in [0.2, 0.25) is 0 Å². The third-order valence-electron chi connectivity index (χ3n) is 3.86. The maximum atomic E-state index is 12.6. The molecular weight excluding hydrogens is 316 g/mol. The first-order valence-electron chi connectivity index (χ1n) is 7.55. The second-order valence-electron chi connectivity index (χ2n) is 6.11. The molecule has 0 spiro atoms. The Morgan fingerprint density at radius 2 is 1.91 bits per heavy atom. The molecule has 1 saturated heterocycles. The van der Waals surface area contributed by atoms with Crippen molar-refractivity contribution < 1.29 is 13.2 Å². The Morgan fingerprint density at radius 3 is 2.43 bits per heavy atom. The molecule has 1 aromatic carbocycles. The fourth-order valence-electron chi connectivity index (χ4n) is 2.54. The van der Waals surface area contributed by atoms with Crippen molar-refractivity contribution in [3.8, 4) is 0 Å². The third-order valence-corrected chi connectivity index (χ3v) is 5.61. The number of nitrogens with zero attached hydrogens (tertiary/aromatic N) is 2. The van der Waals surface area contributed by atoms with Crippen molar-refractivity contribution in [3.63, 3.8) is 0 Å². The van der Waals surface area contributed by atoms with Crippen LogP contribution in [0.25, 0.3) is 0 Å². The number of urea groups is 1. The Kier molecular flexibility index (Phi) is 5.48. The summed E-state index contributed by atoms with van der Waals surface area (Å²) in [5.74, 6) is 0.181. The Balaban J connectivity index is 2.09. The highest BCUT2D eigenvalue weighted by Crippen LogP contribution is 2.19. The van der Waals surface area contributed by atoms with Gasteiger partial charge in [0.1, 0.15) is 0 Å². The van der Waals surface area contributed by atoms with Gasteiger partial charge in [0.05, 0.1) is 11.5 Å². The van der Waals surface area contributed by atoms with E-state index in [2.05, 4.69) is 5.32 Å².